The van der Waals surface area contributed by atoms with E-state index in [0.29, 0.717) is 5.75 Å². The number of nitro benzene ring substituents is 1. The van der Waals surface area contributed by atoms with E-state index < -0.39 is 23.4 Å². The second kappa shape index (κ2) is 8.50. The van der Waals surface area contributed by atoms with Crippen molar-refractivity contribution in [3.63, 3.8) is 0 Å². The molecular weight excluding hydrogens is 387 g/mol. The Morgan fingerprint density at radius 1 is 1.15 bits per heavy atom. The van der Waals surface area contributed by atoms with E-state index in [2.05, 4.69) is 5.32 Å². The number of hydrogen-bond acceptors (Lipinski definition) is 6. The van der Waals surface area contributed by atoms with Crippen molar-refractivity contribution in [2.24, 2.45) is 0 Å². The summed E-state index contributed by atoms with van der Waals surface area (Å²) in [6.45, 7) is -0.645. The van der Waals surface area contributed by atoms with Crippen LogP contribution in [0.15, 0.2) is 36.4 Å². The second-order valence-corrected chi connectivity index (χ2v) is 5.71. The van der Waals surface area contributed by atoms with Crippen molar-refractivity contribution in [3.05, 3.63) is 62.1 Å². The number of anilines is 1. The standard InChI is InChI=1S/C16H12Cl2N2O6/c1-25-10-3-5-14(20(23)24)13(7-10)19-15(21)8-26-16(22)9-2-4-11(17)12(18)6-9/h2-7H,8H2,1H3,(H,19,21). The molecule has 136 valence electrons. The lowest BCUT2D eigenvalue weighted by molar-refractivity contribution is -0.383. The minimum Gasteiger partial charge on any atom is -0.497 e. The number of carbonyl (C=O) groups excluding carboxylic acids is 2. The van der Waals surface area contributed by atoms with Crippen LogP contribution in [0.5, 0.6) is 5.75 Å². The molecule has 0 aliphatic heterocycles. The zero-order valence-corrected chi connectivity index (χ0v) is 14.8. The van der Waals surface area contributed by atoms with E-state index >= 15 is 0 Å². The lowest BCUT2D eigenvalue weighted by Gasteiger charge is -2.09. The minimum atomic E-state index is -0.793. The number of nitrogens with one attached hydrogen (secondary N) is 1. The number of nitrogens with zero attached hydrogens (tertiary/aromatic N) is 1. The van der Waals surface area contributed by atoms with Crippen LogP contribution in [0, 0.1) is 10.1 Å². The van der Waals surface area contributed by atoms with Gasteiger partial charge in [-0.15, -0.1) is 0 Å². The molecule has 0 saturated carbocycles. The monoisotopic (exact) mass is 398 g/mol. The Labute approximate surface area is 157 Å². The fourth-order valence-corrected chi connectivity index (χ4v) is 2.22. The Morgan fingerprint density at radius 3 is 2.50 bits per heavy atom. The smallest absolute Gasteiger partial charge is 0.338 e. The average Bonchev–Trinajstić information content (AvgIpc) is 2.61. The van der Waals surface area contributed by atoms with Crippen LogP contribution < -0.4 is 10.1 Å². The number of hydrogen-bond donors (Lipinski definition) is 1. The van der Waals surface area contributed by atoms with Crippen molar-refractivity contribution in [1.82, 2.24) is 0 Å². The summed E-state index contributed by atoms with van der Waals surface area (Å²) in [5, 5.41) is 13.8. The first-order valence-corrected chi connectivity index (χ1v) is 7.82. The van der Waals surface area contributed by atoms with Crippen molar-refractivity contribution >= 4 is 46.5 Å². The number of ether oxygens (including phenoxy) is 2. The summed E-state index contributed by atoms with van der Waals surface area (Å²) in [6.07, 6.45) is 0. The van der Waals surface area contributed by atoms with Gasteiger partial charge in [0.25, 0.3) is 11.6 Å². The fraction of sp³-hybridized carbons (Fsp3) is 0.125. The second-order valence-electron chi connectivity index (χ2n) is 4.89. The predicted molar refractivity (Wildman–Crippen MR) is 95.0 cm³/mol. The van der Waals surface area contributed by atoms with Gasteiger partial charge in [-0.3, -0.25) is 14.9 Å². The van der Waals surface area contributed by atoms with Crippen LogP contribution in [0.2, 0.25) is 10.0 Å². The number of esters is 1. The van der Waals surface area contributed by atoms with Crippen molar-refractivity contribution in [3.8, 4) is 5.75 Å². The highest BCUT2D eigenvalue weighted by Crippen LogP contribution is 2.28. The van der Waals surface area contributed by atoms with Gasteiger partial charge in [0.15, 0.2) is 6.61 Å². The zero-order valence-electron chi connectivity index (χ0n) is 13.3. The van der Waals surface area contributed by atoms with Crippen LogP contribution in [-0.4, -0.2) is 30.5 Å². The van der Waals surface area contributed by atoms with Crippen molar-refractivity contribution in [1.29, 1.82) is 0 Å². The lowest BCUT2D eigenvalue weighted by atomic mass is 10.2. The summed E-state index contributed by atoms with van der Waals surface area (Å²) in [7, 11) is 1.38. The third kappa shape index (κ3) is 4.84. The molecule has 0 spiro atoms. The molecule has 0 fully saturated rings. The van der Waals surface area contributed by atoms with Crippen LogP contribution in [-0.2, 0) is 9.53 Å². The molecule has 1 amide bonds. The number of benzene rings is 2. The van der Waals surface area contributed by atoms with E-state index in [-0.39, 0.29) is 27.0 Å². The van der Waals surface area contributed by atoms with E-state index in [0.717, 1.165) is 0 Å². The van der Waals surface area contributed by atoms with Crippen LogP contribution in [0.25, 0.3) is 0 Å². The Morgan fingerprint density at radius 2 is 1.88 bits per heavy atom. The highest BCUT2D eigenvalue weighted by Gasteiger charge is 2.18. The highest BCUT2D eigenvalue weighted by molar-refractivity contribution is 6.42. The van der Waals surface area contributed by atoms with Crippen molar-refractivity contribution in [2.75, 3.05) is 19.0 Å². The number of methoxy groups -OCH3 is 1. The van der Waals surface area contributed by atoms with Gasteiger partial charge in [-0.1, -0.05) is 23.2 Å². The maximum Gasteiger partial charge on any atom is 0.338 e. The molecule has 8 nitrogen and oxygen atoms in total. The fourth-order valence-electron chi connectivity index (χ4n) is 1.93. The Balaban J connectivity index is 2.03. The minimum absolute atomic E-state index is 0.0788. The number of rotatable bonds is 6. The molecule has 2 aromatic carbocycles. The largest absolute Gasteiger partial charge is 0.497 e. The first-order chi connectivity index (χ1) is 12.3. The molecule has 2 aromatic rings. The number of amides is 1. The van der Waals surface area contributed by atoms with Crippen molar-refractivity contribution in [2.45, 2.75) is 0 Å². The predicted octanol–water partition coefficient (Wildman–Crippen LogP) is 3.71. The van der Waals surface area contributed by atoms with E-state index in [1.807, 2.05) is 0 Å². The third-order valence-corrected chi connectivity index (χ3v) is 3.90. The summed E-state index contributed by atoms with van der Waals surface area (Å²) in [4.78, 5) is 34.2. The molecule has 0 atom stereocenters. The van der Waals surface area contributed by atoms with Crippen LogP contribution >= 0.6 is 23.2 Å². The summed E-state index contributed by atoms with van der Waals surface area (Å²) < 4.78 is 9.83. The van der Waals surface area contributed by atoms with Gasteiger partial charge in [0.2, 0.25) is 0 Å². The topological polar surface area (TPSA) is 108 Å². The molecule has 0 radical (unpaired) electrons. The maximum absolute atomic E-state index is 11.9. The average molecular weight is 399 g/mol. The van der Waals surface area contributed by atoms with Crippen LogP contribution in [0.1, 0.15) is 10.4 Å². The highest BCUT2D eigenvalue weighted by atomic mass is 35.5. The lowest BCUT2D eigenvalue weighted by Crippen LogP contribution is -2.21. The molecule has 1 N–H and O–H groups in total. The molecular formula is C16H12Cl2N2O6. The van der Waals surface area contributed by atoms with Gasteiger partial charge in [0.05, 0.1) is 27.6 Å². The molecule has 0 aliphatic rings. The first kappa shape index (κ1) is 19.5. The molecule has 26 heavy (non-hydrogen) atoms. The Kier molecular flexibility index (Phi) is 6.37. The van der Waals surface area contributed by atoms with E-state index in [9.17, 15) is 19.7 Å². The Bertz CT molecular complexity index is 872. The quantitative estimate of drug-likeness (QED) is 0.451. The van der Waals surface area contributed by atoms with E-state index in [4.69, 9.17) is 32.7 Å². The van der Waals surface area contributed by atoms with Crippen molar-refractivity contribution < 1.29 is 24.0 Å². The van der Waals surface area contributed by atoms with Gasteiger partial charge < -0.3 is 14.8 Å². The van der Waals surface area contributed by atoms with Crippen LogP contribution in [0.3, 0.4) is 0 Å². The SMILES string of the molecule is COc1ccc([N+](=O)[O-])c(NC(=O)COC(=O)c2ccc(Cl)c(Cl)c2)c1. The Hall–Kier alpha value is -2.84. The normalized spacial score (nSPS) is 10.1. The van der Waals surface area contributed by atoms with Gasteiger partial charge in [-0.2, -0.15) is 0 Å². The number of carbonyl (C=O) groups is 2. The molecule has 0 aromatic heterocycles. The third-order valence-electron chi connectivity index (χ3n) is 3.16. The summed E-state index contributed by atoms with van der Waals surface area (Å²) in [6, 6.07) is 7.98. The summed E-state index contributed by atoms with van der Waals surface area (Å²) in [5.41, 5.74) is -0.292. The summed E-state index contributed by atoms with van der Waals surface area (Å²) in [5.74, 6) is -1.23. The van der Waals surface area contributed by atoms with Gasteiger partial charge in [0.1, 0.15) is 11.4 Å². The summed E-state index contributed by atoms with van der Waals surface area (Å²) >= 11 is 11.6. The van der Waals surface area contributed by atoms with Gasteiger partial charge in [-0.25, -0.2) is 4.79 Å². The number of halogens is 2. The van der Waals surface area contributed by atoms with E-state index in [1.54, 1.807) is 0 Å². The molecule has 0 bridgehead atoms. The molecule has 0 saturated heterocycles. The molecule has 10 heteroatoms. The molecule has 0 heterocycles. The molecule has 0 aliphatic carbocycles. The van der Waals surface area contributed by atoms with Gasteiger partial charge in [-0.05, 0) is 24.3 Å². The zero-order chi connectivity index (χ0) is 19.3. The number of nitro groups is 1. The van der Waals surface area contributed by atoms with E-state index in [1.165, 1.54) is 43.5 Å². The molecule has 0 unspecified atom stereocenters. The maximum atomic E-state index is 11.9. The van der Waals surface area contributed by atoms with Crippen LogP contribution in [0.4, 0.5) is 11.4 Å². The molecule has 2 rings (SSSR count). The van der Waals surface area contributed by atoms with Gasteiger partial charge in [0, 0.05) is 12.1 Å². The first-order valence-electron chi connectivity index (χ1n) is 7.06. The van der Waals surface area contributed by atoms with Gasteiger partial charge >= 0.3 is 5.97 Å².